The first-order chi connectivity index (χ1) is 32.1. The van der Waals surface area contributed by atoms with E-state index in [0.717, 1.165) is 70.6 Å². The van der Waals surface area contributed by atoms with Crippen molar-refractivity contribution in [2.24, 2.45) is 0 Å². The Balaban J connectivity index is 1.62. The molecule has 2 aliphatic heterocycles. The van der Waals surface area contributed by atoms with E-state index >= 15 is 0 Å². The molecule has 0 spiro atoms. The fraction of sp³-hybridized carbons (Fsp3) is 0.827. The van der Waals surface area contributed by atoms with Crippen molar-refractivity contribution in [1.29, 1.82) is 0 Å². The molecule has 2 heterocycles. The van der Waals surface area contributed by atoms with Crippen LogP contribution >= 0.6 is 0 Å². The average molecular weight is 941 g/mol. The van der Waals surface area contributed by atoms with E-state index in [4.69, 9.17) is 28.4 Å². The number of ether oxygens (including phenoxy) is 6. The van der Waals surface area contributed by atoms with Crippen LogP contribution in [0.15, 0.2) is 48.6 Å². The second kappa shape index (κ2) is 39.8. The molecule has 0 aromatic rings. The van der Waals surface area contributed by atoms with Crippen molar-refractivity contribution in [2.75, 3.05) is 33.0 Å². The van der Waals surface area contributed by atoms with Crippen molar-refractivity contribution in [3.63, 3.8) is 0 Å². The Bertz CT molecular complexity index is 1280. The summed E-state index contributed by atoms with van der Waals surface area (Å²) in [5.41, 5.74) is 0. The first kappa shape index (κ1) is 60.1. The van der Waals surface area contributed by atoms with Gasteiger partial charge in [-0.3, -0.25) is 4.79 Å². The zero-order chi connectivity index (χ0) is 48.0. The molecule has 0 aromatic carbocycles. The zero-order valence-electron chi connectivity index (χ0n) is 40.7. The summed E-state index contributed by atoms with van der Waals surface area (Å²) >= 11 is 0. The van der Waals surface area contributed by atoms with Crippen LogP contribution in [-0.4, -0.2) is 142 Å². The molecule has 0 saturated carbocycles. The SMILES string of the molecule is CC/C=C\C/C=C\C/C=C\C/C=C\CCCCCCCCCCCCCCCOCC(COC1OC(COC2OC(CO)C(O)C(O)C2O)C(O)C(O)C1O)OC(=O)CCCCCCCC. The molecule has 0 bridgehead atoms. The molecule has 2 saturated heterocycles. The van der Waals surface area contributed by atoms with Crippen LogP contribution < -0.4 is 0 Å². The van der Waals surface area contributed by atoms with Gasteiger partial charge in [0.25, 0.3) is 0 Å². The summed E-state index contributed by atoms with van der Waals surface area (Å²) in [6.07, 6.45) is 29.4. The molecule has 2 rings (SSSR count). The van der Waals surface area contributed by atoms with Crippen molar-refractivity contribution < 1.29 is 69.0 Å². The molecule has 11 atom stereocenters. The number of carbonyl (C=O) groups is 1. The summed E-state index contributed by atoms with van der Waals surface area (Å²) in [5, 5.41) is 71.9. The number of unbranched alkanes of at least 4 members (excludes halogenated alkanes) is 18. The Morgan fingerprint density at radius 2 is 0.985 bits per heavy atom. The van der Waals surface area contributed by atoms with E-state index in [1.807, 2.05) is 0 Å². The number of hydrogen-bond donors (Lipinski definition) is 7. The van der Waals surface area contributed by atoms with Gasteiger partial charge >= 0.3 is 5.97 Å². The maximum atomic E-state index is 12.8. The summed E-state index contributed by atoms with van der Waals surface area (Å²) in [6, 6.07) is 0. The minimum absolute atomic E-state index is 0.0607. The van der Waals surface area contributed by atoms with Crippen LogP contribution in [0.2, 0.25) is 0 Å². The lowest BCUT2D eigenvalue weighted by atomic mass is 9.98. The standard InChI is InChI=1S/C52H92O14/c1-3-5-7-9-11-12-13-14-15-16-17-18-19-20-21-22-23-24-25-26-27-28-29-30-32-34-36-61-38-41(64-44(54)35-33-31-10-8-6-4-2)39-62-51-50(60)48(58)46(56)43(66-51)40-63-52-49(59)47(57)45(55)42(37-53)65-52/h5,7,11-12,14-15,17-18,41-43,45-53,55-60H,3-4,6,8-10,13,16,19-40H2,1-2H3/b7-5-,12-11-,15-14-,18-17-. The third kappa shape index (κ3) is 27.2. The fourth-order valence-corrected chi connectivity index (χ4v) is 7.92. The van der Waals surface area contributed by atoms with E-state index in [1.54, 1.807) is 0 Å². The maximum absolute atomic E-state index is 12.8. The molecule has 0 radical (unpaired) electrons. The van der Waals surface area contributed by atoms with E-state index in [9.17, 15) is 40.5 Å². The Hall–Kier alpha value is -2.05. The van der Waals surface area contributed by atoms with Crippen molar-refractivity contribution >= 4 is 5.97 Å². The molecule has 0 aliphatic carbocycles. The number of esters is 1. The molecule has 0 aromatic heterocycles. The van der Waals surface area contributed by atoms with Crippen LogP contribution in [0.1, 0.15) is 174 Å². The van der Waals surface area contributed by atoms with Gasteiger partial charge in [0.15, 0.2) is 12.6 Å². The van der Waals surface area contributed by atoms with Crippen LogP contribution in [0.3, 0.4) is 0 Å². The number of allylic oxidation sites excluding steroid dienone is 8. The van der Waals surface area contributed by atoms with Gasteiger partial charge < -0.3 is 64.2 Å². The lowest BCUT2D eigenvalue weighted by Gasteiger charge is -2.42. The molecular weight excluding hydrogens is 849 g/mol. The highest BCUT2D eigenvalue weighted by molar-refractivity contribution is 5.69. The van der Waals surface area contributed by atoms with Gasteiger partial charge in [-0.15, -0.1) is 0 Å². The average Bonchev–Trinajstić information content (AvgIpc) is 3.31. The lowest BCUT2D eigenvalue weighted by Crippen LogP contribution is -2.61. The summed E-state index contributed by atoms with van der Waals surface area (Å²) < 4.78 is 34.1. The number of hydrogen-bond acceptors (Lipinski definition) is 14. The smallest absolute Gasteiger partial charge is 0.306 e. The quantitative estimate of drug-likeness (QED) is 0.0179. The van der Waals surface area contributed by atoms with Gasteiger partial charge in [0, 0.05) is 13.0 Å². The molecule has 14 heteroatoms. The van der Waals surface area contributed by atoms with Crippen molar-refractivity contribution in [3.8, 4) is 0 Å². The predicted octanol–water partition coefficient (Wildman–Crippen LogP) is 7.57. The highest BCUT2D eigenvalue weighted by atomic mass is 16.7. The van der Waals surface area contributed by atoms with Crippen LogP contribution in [-0.2, 0) is 33.2 Å². The van der Waals surface area contributed by atoms with Gasteiger partial charge in [-0.2, -0.15) is 0 Å². The number of carbonyl (C=O) groups excluding carboxylic acids is 1. The molecule has 0 amide bonds. The van der Waals surface area contributed by atoms with Gasteiger partial charge in [0.1, 0.15) is 54.9 Å². The number of aliphatic hydroxyl groups excluding tert-OH is 7. The van der Waals surface area contributed by atoms with Gasteiger partial charge in [0.05, 0.1) is 26.4 Å². The van der Waals surface area contributed by atoms with Crippen LogP contribution in [0.25, 0.3) is 0 Å². The topological polar surface area (TPSA) is 214 Å². The minimum atomic E-state index is -1.70. The normalized spacial score (nSPS) is 26.7. The minimum Gasteiger partial charge on any atom is -0.457 e. The number of aliphatic hydroxyl groups is 7. The van der Waals surface area contributed by atoms with Crippen molar-refractivity contribution in [1.82, 2.24) is 0 Å². The lowest BCUT2D eigenvalue weighted by molar-refractivity contribution is -0.332. The summed E-state index contributed by atoms with van der Waals surface area (Å²) in [4.78, 5) is 12.8. The summed E-state index contributed by atoms with van der Waals surface area (Å²) in [5.74, 6) is -0.387. The number of rotatable bonds is 40. The zero-order valence-corrected chi connectivity index (χ0v) is 40.7. The van der Waals surface area contributed by atoms with Crippen LogP contribution in [0, 0.1) is 0 Å². The summed E-state index contributed by atoms with van der Waals surface area (Å²) in [6.45, 7) is 3.50. The van der Waals surface area contributed by atoms with E-state index in [1.165, 1.54) is 77.0 Å². The Morgan fingerprint density at radius 1 is 0.515 bits per heavy atom. The highest BCUT2D eigenvalue weighted by Gasteiger charge is 2.47. The predicted molar refractivity (Wildman–Crippen MR) is 256 cm³/mol. The second-order valence-corrected chi connectivity index (χ2v) is 18.0. The highest BCUT2D eigenvalue weighted by Crippen LogP contribution is 2.26. The van der Waals surface area contributed by atoms with Gasteiger partial charge in [0.2, 0.25) is 0 Å². The maximum Gasteiger partial charge on any atom is 0.306 e. The third-order valence-corrected chi connectivity index (χ3v) is 12.1. The van der Waals surface area contributed by atoms with E-state index in [0.29, 0.717) is 13.0 Å². The van der Waals surface area contributed by atoms with E-state index in [-0.39, 0.29) is 25.6 Å². The second-order valence-electron chi connectivity index (χ2n) is 18.0. The molecule has 7 N–H and O–H groups in total. The fourth-order valence-electron chi connectivity index (χ4n) is 7.92. The van der Waals surface area contributed by atoms with Crippen molar-refractivity contribution in [3.05, 3.63) is 48.6 Å². The molecule has 384 valence electrons. The van der Waals surface area contributed by atoms with E-state index in [2.05, 4.69) is 62.5 Å². The van der Waals surface area contributed by atoms with Crippen LogP contribution in [0.4, 0.5) is 0 Å². The Labute approximate surface area is 397 Å². The molecule has 66 heavy (non-hydrogen) atoms. The van der Waals surface area contributed by atoms with Crippen LogP contribution in [0.5, 0.6) is 0 Å². The van der Waals surface area contributed by atoms with Gasteiger partial charge in [-0.25, -0.2) is 0 Å². The first-order valence-corrected chi connectivity index (χ1v) is 25.7. The molecule has 2 fully saturated rings. The molecular formula is C52H92O14. The largest absolute Gasteiger partial charge is 0.457 e. The monoisotopic (exact) mass is 941 g/mol. The Kier molecular flexibility index (Phi) is 36.2. The first-order valence-electron chi connectivity index (χ1n) is 25.7. The molecule has 2 aliphatic rings. The van der Waals surface area contributed by atoms with Gasteiger partial charge in [-0.05, 0) is 51.4 Å². The molecule has 11 unspecified atom stereocenters. The van der Waals surface area contributed by atoms with E-state index < -0.39 is 80.7 Å². The molecule has 14 nitrogen and oxygen atoms in total. The summed E-state index contributed by atoms with van der Waals surface area (Å²) in [7, 11) is 0. The van der Waals surface area contributed by atoms with Gasteiger partial charge in [-0.1, -0.05) is 165 Å². The van der Waals surface area contributed by atoms with Crippen molar-refractivity contribution in [2.45, 2.75) is 242 Å². The Morgan fingerprint density at radius 3 is 1.55 bits per heavy atom. The third-order valence-electron chi connectivity index (χ3n) is 12.1.